The van der Waals surface area contributed by atoms with E-state index in [1.807, 2.05) is 0 Å². The molecule has 1 aliphatic carbocycles. The van der Waals surface area contributed by atoms with Gasteiger partial charge in [-0.05, 0) is 43.9 Å². The Kier molecular flexibility index (Phi) is 6.85. The lowest BCUT2D eigenvalue weighted by molar-refractivity contribution is -0.137. The van der Waals surface area contributed by atoms with E-state index in [4.69, 9.17) is 4.74 Å². The van der Waals surface area contributed by atoms with Crippen LogP contribution in [-0.4, -0.2) is 63.4 Å². The number of morpholine rings is 1. The molecule has 2 aliphatic rings. The molecule has 0 aromatic heterocycles. The van der Waals surface area contributed by atoms with Crippen molar-refractivity contribution < 1.29 is 31.1 Å². The number of nitrogens with zero attached hydrogens (tertiary/aromatic N) is 1. The van der Waals surface area contributed by atoms with E-state index in [-0.39, 0.29) is 23.4 Å². The van der Waals surface area contributed by atoms with Crippen LogP contribution in [0, 0.1) is 0 Å². The molecular weight excluding hydrogens is 409 g/mol. The summed E-state index contributed by atoms with van der Waals surface area (Å²) in [6.45, 7) is 2.40. The number of ether oxygens (including phenoxy) is 1. The number of amides is 1. The van der Waals surface area contributed by atoms with E-state index in [2.05, 4.69) is 5.32 Å². The third kappa shape index (κ3) is 5.49. The number of hydrogen-bond acceptors (Lipinski definition) is 5. The maximum atomic E-state index is 12.9. The fraction of sp³-hybridized carbons (Fsp3) is 0.632. The topological polar surface area (TPSA) is 75.7 Å². The largest absolute Gasteiger partial charge is 0.416 e. The van der Waals surface area contributed by atoms with Crippen molar-refractivity contribution in [3.63, 3.8) is 0 Å². The second-order valence-corrected chi connectivity index (χ2v) is 9.65. The molecule has 1 aromatic rings. The van der Waals surface area contributed by atoms with Gasteiger partial charge >= 0.3 is 6.18 Å². The van der Waals surface area contributed by atoms with Crippen LogP contribution in [0.15, 0.2) is 29.2 Å². The third-order valence-electron chi connectivity index (χ3n) is 5.51. The fourth-order valence-corrected chi connectivity index (χ4v) is 5.61. The maximum absolute atomic E-state index is 12.9. The van der Waals surface area contributed by atoms with E-state index in [0.717, 1.165) is 12.1 Å². The second kappa shape index (κ2) is 9.01. The van der Waals surface area contributed by atoms with Crippen molar-refractivity contribution in [1.29, 1.82) is 0 Å². The van der Waals surface area contributed by atoms with Crippen molar-refractivity contribution in [3.8, 4) is 0 Å². The SMILES string of the molecule is O=C(CNC1CCC(S(=O)(=O)c2cccc(C(F)(F)F)c2)CC1)N1CCOCC1. The lowest BCUT2D eigenvalue weighted by atomic mass is 9.95. The monoisotopic (exact) mass is 434 g/mol. The van der Waals surface area contributed by atoms with Gasteiger partial charge in [0.1, 0.15) is 0 Å². The molecule has 1 N–H and O–H groups in total. The summed E-state index contributed by atoms with van der Waals surface area (Å²) in [4.78, 5) is 13.6. The molecule has 0 atom stereocenters. The first-order valence-corrected chi connectivity index (χ1v) is 11.2. The van der Waals surface area contributed by atoms with Crippen LogP contribution in [0.1, 0.15) is 31.2 Å². The second-order valence-electron chi connectivity index (χ2n) is 7.42. The Labute approximate surface area is 168 Å². The standard InChI is InChI=1S/C19H25F3N2O4S/c20-19(21,22)14-2-1-3-17(12-14)29(26,27)16-6-4-15(5-7-16)23-13-18(25)24-8-10-28-11-9-24/h1-3,12,15-16,23H,4-11,13H2. The van der Waals surface area contributed by atoms with Crippen LogP contribution in [0.2, 0.25) is 0 Å². The molecule has 1 aromatic carbocycles. The Morgan fingerprint density at radius 2 is 1.79 bits per heavy atom. The van der Waals surface area contributed by atoms with Gasteiger partial charge in [-0.3, -0.25) is 4.79 Å². The fourth-order valence-electron chi connectivity index (χ4n) is 3.78. The molecule has 10 heteroatoms. The minimum absolute atomic E-state index is 0.00740. The predicted octanol–water partition coefficient (Wildman–Crippen LogP) is 2.24. The number of nitrogens with one attached hydrogen (secondary N) is 1. The predicted molar refractivity (Wildman–Crippen MR) is 100 cm³/mol. The lowest BCUT2D eigenvalue weighted by Crippen LogP contribution is -2.47. The van der Waals surface area contributed by atoms with Crippen LogP contribution in [0.4, 0.5) is 13.2 Å². The average Bonchev–Trinajstić information content (AvgIpc) is 2.72. The molecular formula is C19H25F3N2O4S. The summed E-state index contributed by atoms with van der Waals surface area (Å²) in [6, 6.07) is 3.94. The molecule has 1 aliphatic heterocycles. The van der Waals surface area contributed by atoms with E-state index < -0.39 is 26.8 Å². The molecule has 0 unspecified atom stereocenters. The molecule has 0 radical (unpaired) electrons. The van der Waals surface area contributed by atoms with Gasteiger partial charge in [0.2, 0.25) is 5.91 Å². The number of carbonyl (C=O) groups excluding carboxylic acids is 1. The highest BCUT2D eigenvalue weighted by Gasteiger charge is 2.35. The first-order valence-electron chi connectivity index (χ1n) is 9.68. The van der Waals surface area contributed by atoms with Crippen LogP contribution in [0.3, 0.4) is 0 Å². The Bertz CT molecular complexity index is 815. The van der Waals surface area contributed by atoms with Crippen LogP contribution in [-0.2, 0) is 25.5 Å². The molecule has 6 nitrogen and oxygen atoms in total. The summed E-state index contributed by atoms with van der Waals surface area (Å²) in [7, 11) is -3.83. The van der Waals surface area contributed by atoms with Gasteiger partial charge in [0.25, 0.3) is 0 Å². The summed E-state index contributed by atoms with van der Waals surface area (Å²) in [5.41, 5.74) is -0.962. The highest BCUT2D eigenvalue weighted by Crippen LogP contribution is 2.33. The summed E-state index contributed by atoms with van der Waals surface area (Å²) < 4.78 is 69.5. The number of halogens is 3. The lowest BCUT2D eigenvalue weighted by Gasteiger charge is -2.31. The summed E-state index contributed by atoms with van der Waals surface area (Å²) >= 11 is 0. The number of benzene rings is 1. The molecule has 1 heterocycles. The molecule has 0 spiro atoms. The summed E-state index contributed by atoms with van der Waals surface area (Å²) in [5, 5.41) is 2.47. The van der Waals surface area contributed by atoms with Crippen LogP contribution in [0.25, 0.3) is 0 Å². The average molecular weight is 434 g/mol. The zero-order valence-corrected chi connectivity index (χ0v) is 16.8. The van der Waals surface area contributed by atoms with Gasteiger partial charge in [0.05, 0.1) is 35.5 Å². The molecule has 2 fully saturated rings. The number of sulfone groups is 1. The minimum Gasteiger partial charge on any atom is -0.378 e. The minimum atomic E-state index is -4.58. The number of alkyl halides is 3. The van der Waals surface area contributed by atoms with Gasteiger partial charge in [-0.25, -0.2) is 8.42 Å². The molecule has 1 saturated heterocycles. The van der Waals surface area contributed by atoms with Crippen molar-refractivity contribution in [3.05, 3.63) is 29.8 Å². The summed E-state index contributed by atoms with van der Waals surface area (Å²) in [5.74, 6) is -0.00740. The molecule has 1 amide bonds. The number of hydrogen-bond donors (Lipinski definition) is 1. The highest BCUT2D eigenvalue weighted by atomic mass is 32.2. The Balaban J connectivity index is 1.54. The van der Waals surface area contributed by atoms with E-state index in [1.165, 1.54) is 6.07 Å². The van der Waals surface area contributed by atoms with Crippen molar-refractivity contribution >= 4 is 15.7 Å². The number of rotatable bonds is 5. The van der Waals surface area contributed by atoms with Gasteiger partial charge in [-0.2, -0.15) is 13.2 Å². The smallest absolute Gasteiger partial charge is 0.378 e. The summed E-state index contributed by atoms with van der Waals surface area (Å²) in [6.07, 6.45) is -2.78. The van der Waals surface area contributed by atoms with Crippen molar-refractivity contribution in [2.45, 2.75) is 48.0 Å². The van der Waals surface area contributed by atoms with Crippen LogP contribution < -0.4 is 5.32 Å². The van der Waals surface area contributed by atoms with E-state index in [1.54, 1.807) is 4.90 Å². The quantitative estimate of drug-likeness (QED) is 0.769. The highest BCUT2D eigenvalue weighted by molar-refractivity contribution is 7.92. The van der Waals surface area contributed by atoms with E-state index in [0.29, 0.717) is 58.1 Å². The van der Waals surface area contributed by atoms with Crippen LogP contribution >= 0.6 is 0 Å². The van der Waals surface area contributed by atoms with Gasteiger partial charge in [-0.1, -0.05) is 6.07 Å². The van der Waals surface area contributed by atoms with Gasteiger partial charge in [0.15, 0.2) is 9.84 Å². The Morgan fingerprint density at radius 3 is 2.41 bits per heavy atom. The molecule has 1 saturated carbocycles. The van der Waals surface area contributed by atoms with Crippen molar-refractivity contribution in [2.75, 3.05) is 32.8 Å². The first kappa shape index (κ1) is 22.0. The zero-order chi connectivity index (χ0) is 21.1. The van der Waals surface area contributed by atoms with E-state index >= 15 is 0 Å². The molecule has 162 valence electrons. The Morgan fingerprint density at radius 1 is 1.14 bits per heavy atom. The first-order chi connectivity index (χ1) is 13.7. The van der Waals surface area contributed by atoms with Gasteiger partial charge in [-0.15, -0.1) is 0 Å². The van der Waals surface area contributed by atoms with E-state index in [9.17, 15) is 26.4 Å². The molecule has 29 heavy (non-hydrogen) atoms. The zero-order valence-electron chi connectivity index (χ0n) is 16.0. The van der Waals surface area contributed by atoms with Gasteiger partial charge < -0.3 is 15.0 Å². The van der Waals surface area contributed by atoms with Crippen LogP contribution in [0.5, 0.6) is 0 Å². The molecule has 3 rings (SSSR count). The Hall–Kier alpha value is -1.65. The van der Waals surface area contributed by atoms with Crippen molar-refractivity contribution in [2.24, 2.45) is 0 Å². The maximum Gasteiger partial charge on any atom is 0.416 e. The third-order valence-corrected chi connectivity index (χ3v) is 7.77. The molecule has 0 bridgehead atoms. The number of carbonyl (C=O) groups is 1. The normalized spacial score (nSPS) is 23.8. The van der Waals surface area contributed by atoms with Gasteiger partial charge in [0, 0.05) is 19.1 Å². The van der Waals surface area contributed by atoms with Crippen molar-refractivity contribution in [1.82, 2.24) is 10.2 Å².